The maximum Gasteiger partial charge on any atom is 0.336 e. The van der Waals surface area contributed by atoms with Crippen molar-refractivity contribution in [1.29, 1.82) is 0 Å². The average Bonchev–Trinajstić information content (AvgIpc) is 3.16. The number of nitrogens with one attached hydrogen (secondary N) is 1. The number of benzene rings is 3. The van der Waals surface area contributed by atoms with Crippen molar-refractivity contribution < 1.29 is 14.7 Å². The monoisotopic (exact) mass is 478 g/mol. The minimum Gasteiger partial charge on any atom is -0.478 e. The molecule has 4 rings (SSSR count). The number of hydrazone groups is 1. The zero-order chi connectivity index (χ0) is 23.2. The highest BCUT2D eigenvalue weighted by molar-refractivity contribution is 7.99. The molecule has 0 aliphatic rings. The van der Waals surface area contributed by atoms with Gasteiger partial charge in [-0.05, 0) is 35.9 Å². The topological polar surface area (TPSA) is 96.6 Å². The van der Waals surface area contributed by atoms with Crippen molar-refractivity contribution in [2.24, 2.45) is 5.10 Å². The molecule has 0 unspecified atom stereocenters. The molecule has 0 bridgehead atoms. The molecule has 4 aromatic rings. The van der Waals surface area contributed by atoms with Crippen molar-refractivity contribution in [2.75, 3.05) is 5.75 Å². The number of thioether (sulfide) groups is 1. The van der Waals surface area contributed by atoms with Crippen LogP contribution in [0.1, 0.15) is 21.5 Å². The molecule has 0 saturated carbocycles. The lowest BCUT2D eigenvalue weighted by Crippen LogP contribution is -2.20. The van der Waals surface area contributed by atoms with Crippen LogP contribution in [0.4, 0.5) is 0 Å². The second kappa shape index (κ2) is 10.3. The molecular formula is C24H19ClN4O3S. The van der Waals surface area contributed by atoms with E-state index in [0.717, 1.165) is 16.6 Å². The molecule has 0 aliphatic heterocycles. The molecule has 3 aromatic carbocycles. The number of aromatic carboxylic acids is 1. The number of carbonyl (C=O) groups is 2. The summed E-state index contributed by atoms with van der Waals surface area (Å²) in [4.78, 5) is 28.3. The lowest BCUT2D eigenvalue weighted by molar-refractivity contribution is -0.118. The first kappa shape index (κ1) is 22.6. The van der Waals surface area contributed by atoms with Gasteiger partial charge in [-0.15, -0.1) is 0 Å². The van der Waals surface area contributed by atoms with Crippen molar-refractivity contribution in [1.82, 2.24) is 15.0 Å². The second-order valence-corrected chi connectivity index (χ2v) is 8.45. The van der Waals surface area contributed by atoms with E-state index < -0.39 is 5.97 Å². The first-order chi connectivity index (χ1) is 16.0. The van der Waals surface area contributed by atoms with Crippen molar-refractivity contribution >= 4 is 52.5 Å². The summed E-state index contributed by atoms with van der Waals surface area (Å²) in [6.07, 6.45) is 1.32. The Kier molecular flexibility index (Phi) is 7.07. The van der Waals surface area contributed by atoms with E-state index >= 15 is 0 Å². The third-order valence-corrected chi connectivity index (χ3v) is 6.02. The lowest BCUT2D eigenvalue weighted by atomic mass is 10.1. The Hall–Kier alpha value is -3.62. The minimum absolute atomic E-state index is 0.0991. The molecule has 9 heteroatoms. The number of para-hydroxylation sites is 2. The number of carbonyl (C=O) groups excluding carboxylic acids is 1. The van der Waals surface area contributed by atoms with Crippen LogP contribution in [0.5, 0.6) is 0 Å². The lowest BCUT2D eigenvalue weighted by Gasteiger charge is -2.09. The van der Waals surface area contributed by atoms with Gasteiger partial charge >= 0.3 is 5.97 Å². The molecule has 1 aromatic heterocycles. The van der Waals surface area contributed by atoms with Crippen LogP contribution in [-0.2, 0) is 11.3 Å². The SMILES string of the molecule is O=C(CSc1nc2ccccc2n1Cc1ccc(Cl)cc1)NN=Cc1ccccc1C(=O)O. The molecule has 0 aliphatic carbocycles. The zero-order valence-corrected chi connectivity index (χ0v) is 18.9. The fourth-order valence-corrected chi connectivity index (χ4v) is 4.16. The summed E-state index contributed by atoms with van der Waals surface area (Å²) < 4.78 is 2.06. The van der Waals surface area contributed by atoms with Crippen LogP contribution >= 0.6 is 23.4 Å². The number of imidazole rings is 1. The van der Waals surface area contributed by atoms with Gasteiger partial charge in [0.25, 0.3) is 5.91 Å². The van der Waals surface area contributed by atoms with Crippen LogP contribution in [-0.4, -0.2) is 38.5 Å². The number of hydrogen-bond acceptors (Lipinski definition) is 5. The number of carboxylic acid groups (broad SMARTS) is 1. The summed E-state index contributed by atoms with van der Waals surface area (Å²) in [6.45, 7) is 0.589. The van der Waals surface area contributed by atoms with Gasteiger partial charge < -0.3 is 9.67 Å². The van der Waals surface area contributed by atoms with E-state index in [2.05, 4.69) is 20.1 Å². The third-order valence-electron chi connectivity index (χ3n) is 4.79. The quantitative estimate of drug-likeness (QED) is 0.218. The molecule has 0 atom stereocenters. The maximum absolute atomic E-state index is 12.3. The highest BCUT2D eigenvalue weighted by atomic mass is 35.5. The van der Waals surface area contributed by atoms with Crippen LogP contribution in [0.25, 0.3) is 11.0 Å². The number of amides is 1. The molecule has 0 fully saturated rings. The second-order valence-electron chi connectivity index (χ2n) is 7.07. The predicted molar refractivity (Wildman–Crippen MR) is 130 cm³/mol. The van der Waals surface area contributed by atoms with Crippen molar-refractivity contribution in [3.8, 4) is 0 Å². The van der Waals surface area contributed by atoms with Gasteiger partial charge in [0.2, 0.25) is 0 Å². The zero-order valence-electron chi connectivity index (χ0n) is 17.3. The Bertz CT molecular complexity index is 1340. The molecule has 1 heterocycles. The number of rotatable bonds is 8. The van der Waals surface area contributed by atoms with Crippen molar-refractivity contribution in [3.63, 3.8) is 0 Å². The van der Waals surface area contributed by atoms with Crippen LogP contribution in [0.3, 0.4) is 0 Å². The number of aromatic nitrogens is 2. The molecule has 166 valence electrons. The summed E-state index contributed by atoms with van der Waals surface area (Å²) in [5, 5.41) is 14.5. The molecule has 1 amide bonds. The number of fused-ring (bicyclic) bond motifs is 1. The van der Waals surface area contributed by atoms with Crippen LogP contribution in [0.15, 0.2) is 83.1 Å². The Labute approximate surface area is 199 Å². The first-order valence-electron chi connectivity index (χ1n) is 9.98. The summed E-state index contributed by atoms with van der Waals surface area (Å²) in [5.74, 6) is -1.28. The van der Waals surface area contributed by atoms with E-state index in [9.17, 15) is 14.7 Å². The highest BCUT2D eigenvalue weighted by Gasteiger charge is 2.13. The largest absolute Gasteiger partial charge is 0.478 e. The summed E-state index contributed by atoms with van der Waals surface area (Å²) in [5.41, 5.74) is 5.84. The van der Waals surface area contributed by atoms with E-state index in [-0.39, 0.29) is 17.2 Å². The van der Waals surface area contributed by atoms with E-state index in [4.69, 9.17) is 11.6 Å². The number of nitrogens with zero attached hydrogens (tertiary/aromatic N) is 3. The maximum atomic E-state index is 12.3. The Morgan fingerprint density at radius 3 is 2.58 bits per heavy atom. The predicted octanol–water partition coefficient (Wildman–Crippen LogP) is 4.68. The Morgan fingerprint density at radius 1 is 1.06 bits per heavy atom. The van der Waals surface area contributed by atoms with E-state index in [0.29, 0.717) is 22.3 Å². The van der Waals surface area contributed by atoms with Gasteiger partial charge in [-0.3, -0.25) is 4.79 Å². The van der Waals surface area contributed by atoms with Gasteiger partial charge in [0.1, 0.15) is 0 Å². The minimum atomic E-state index is -1.06. The molecule has 7 nitrogen and oxygen atoms in total. The summed E-state index contributed by atoms with van der Waals surface area (Å²) >= 11 is 7.30. The van der Waals surface area contributed by atoms with Crippen LogP contribution < -0.4 is 5.43 Å². The first-order valence-corrected chi connectivity index (χ1v) is 11.3. The van der Waals surface area contributed by atoms with E-state index in [1.54, 1.807) is 18.2 Å². The molecule has 33 heavy (non-hydrogen) atoms. The molecule has 0 radical (unpaired) electrons. The van der Waals surface area contributed by atoms with Crippen molar-refractivity contribution in [3.05, 3.63) is 94.5 Å². The fourth-order valence-electron chi connectivity index (χ4n) is 3.23. The average molecular weight is 479 g/mol. The normalized spacial score (nSPS) is 11.2. The van der Waals surface area contributed by atoms with E-state index in [1.807, 2.05) is 48.5 Å². The standard InChI is InChI=1S/C24H19ClN4O3S/c25-18-11-9-16(10-12-18)14-29-21-8-4-3-7-20(21)27-24(29)33-15-22(30)28-26-13-17-5-1-2-6-19(17)23(31)32/h1-13H,14-15H2,(H,28,30)(H,31,32). The molecular weight excluding hydrogens is 460 g/mol. The molecule has 0 spiro atoms. The Morgan fingerprint density at radius 2 is 1.79 bits per heavy atom. The fraction of sp³-hybridized carbons (Fsp3) is 0.0833. The van der Waals surface area contributed by atoms with Gasteiger partial charge in [-0.25, -0.2) is 15.2 Å². The number of carboxylic acids is 1. The summed E-state index contributed by atoms with van der Waals surface area (Å²) in [7, 11) is 0. The highest BCUT2D eigenvalue weighted by Crippen LogP contribution is 2.25. The molecule has 0 saturated heterocycles. The van der Waals surface area contributed by atoms with Gasteiger partial charge in [0.15, 0.2) is 5.16 Å². The van der Waals surface area contributed by atoms with Gasteiger partial charge in [-0.1, -0.05) is 65.8 Å². The van der Waals surface area contributed by atoms with Gasteiger partial charge in [-0.2, -0.15) is 5.10 Å². The number of hydrogen-bond donors (Lipinski definition) is 2. The summed E-state index contributed by atoms with van der Waals surface area (Å²) in [6, 6.07) is 21.8. The van der Waals surface area contributed by atoms with Gasteiger partial charge in [0.05, 0.1) is 35.1 Å². The van der Waals surface area contributed by atoms with Crippen molar-refractivity contribution in [2.45, 2.75) is 11.7 Å². The molecule has 2 N–H and O–H groups in total. The van der Waals surface area contributed by atoms with Gasteiger partial charge in [0, 0.05) is 10.6 Å². The van der Waals surface area contributed by atoms with E-state index in [1.165, 1.54) is 24.0 Å². The smallest absolute Gasteiger partial charge is 0.336 e. The van der Waals surface area contributed by atoms with Crippen LogP contribution in [0, 0.1) is 0 Å². The number of halogens is 1. The third kappa shape index (κ3) is 5.60. The Balaban J connectivity index is 1.45. The van der Waals surface area contributed by atoms with Crippen LogP contribution in [0.2, 0.25) is 5.02 Å².